The maximum atomic E-state index is 12.1. The van der Waals surface area contributed by atoms with Gasteiger partial charge in [0, 0.05) is 18.2 Å². The molecule has 1 aromatic rings. The number of ether oxygens (including phenoxy) is 1. The van der Waals surface area contributed by atoms with Crippen LogP contribution in [0.5, 0.6) is 0 Å². The van der Waals surface area contributed by atoms with Gasteiger partial charge in [-0.2, -0.15) is 12.6 Å². The Kier molecular flexibility index (Phi) is 6.97. The first kappa shape index (κ1) is 17.3. The first-order valence-electron chi connectivity index (χ1n) is 5.91. The van der Waals surface area contributed by atoms with E-state index in [-0.39, 0.29) is 16.0 Å². The Morgan fingerprint density at radius 3 is 2.48 bits per heavy atom. The lowest BCUT2D eigenvalue weighted by molar-refractivity contribution is -0.153. The summed E-state index contributed by atoms with van der Waals surface area (Å²) in [5.41, 5.74) is 0.507. The fourth-order valence-corrected chi connectivity index (χ4v) is 2.08. The maximum absolute atomic E-state index is 12.1. The molecule has 8 heteroatoms. The highest BCUT2D eigenvalue weighted by Crippen LogP contribution is 2.18. The molecular weight excluding hydrogens is 310 g/mol. The molecule has 0 aromatic heterocycles. The molecule has 0 bridgehead atoms. The number of amides is 1. The molecule has 0 spiro atoms. The molecule has 0 heterocycles. The number of carbonyl (C=O) groups excluding carboxylic acids is 2. The Balaban J connectivity index is 2.79. The Bertz CT molecular complexity index is 549. The second-order valence-corrected chi connectivity index (χ2v) is 5.32. The zero-order chi connectivity index (χ0) is 15.8. The summed E-state index contributed by atoms with van der Waals surface area (Å²) in [6.45, 7) is 1.21. The molecule has 0 aliphatic heterocycles. The number of benzene rings is 1. The zero-order valence-corrected chi connectivity index (χ0v) is 13.0. The number of thioether (sulfide) groups is 1. The minimum atomic E-state index is -1.13. The molecule has 0 saturated carbocycles. The number of rotatable bonds is 4. The summed E-state index contributed by atoms with van der Waals surface area (Å²) >= 11 is 4.68. The number of hydrogen-bond acceptors (Lipinski definition) is 7. The molecule has 112 valence electrons. The van der Waals surface area contributed by atoms with Crippen molar-refractivity contribution in [2.75, 3.05) is 5.75 Å². The van der Waals surface area contributed by atoms with E-state index in [2.05, 4.69) is 17.9 Å². The van der Waals surface area contributed by atoms with E-state index in [1.54, 1.807) is 30.3 Å². The van der Waals surface area contributed by atoms with Crippen molar-refractivity contribution in [3.63, 3.8) is 0 Å². The van der Waals surface area contributed by atoms with E-state index in [0.29, 0.717) is 5.56 Å². The normalized spacial score (nSPS) is 11.3. The molecule has 1 aromatic carbocycles. The van der Waals surface area contributed by atoms with Crippen LogP contribution in [0, 0.1) is 10.8 Å². The molecular formula is C13H15N3O3S2. The number of amidine groups is 1. The number of thiol groups is 1. The van der Waals surface area contributed by atoms with Crippen molar-refractivity contribution < 1.29 is 14.3 Å². The van der Waals surface area contributed by atoms with Crippen molar-refractivity contribution >= 4 is 46.5 Å². The van der Waals surface area contributed by atoms with Gasteiger partial charge in [-0.25, -0.2) is 0 Å². The third-order valence-electron chi connectivity index (χ3n) is 2.23. The third kappa shape index (κ3) is 6.01. The molecule has 1 rings (SSSR count). The highest BCUT2D eigenvalue weighted by molar-refractivity contribution is 8.27. The van der Waals surface area contributed by atoms with Gasteiger partial charge in [-0.15, -0.1) is 0 Å². The van der Waals surface area contributed by atoms with Crippen molar-refractivity contribution in [3.05, 3.63) is 35.9 Å². The fourth-order valence-electron chi connectivity index (χ4n) is 1.43. The molecule has 0 saturated heterocycles. The van der Waals surface area contributed by atoms with Crippen LogP contribution < -0.4 is 5.32 Å². The van der Waals surface area contributed by atoms with Crippen molar-refractivity contribution in [1.82, 2.24) is 5.32 Å². The van der Waals surface area contributed by atoms with Gasteiger partial charge in [0.1, 0.15) is 0 Å². The van der Waals surface area contributed by atoms with Crippen LogP contribution in [0.3, 0.4) is 0 Å². The number of esters is 1. The molecule has 0 aliphatic rings. The van der Waals surface area contributed by atoms with Crippen LogP contribution in [0.1, 0.15) is 18.6 Å². The molecule has 0 fully saturated rings. The fraction of sp³-hybridized carbons (Fsp3) is 0.231. The standard InChI is InChI=1S/C13H15N3O3S2/c1-8(17)19-11(9-5-3-2-4-6-9)12(18)16-13(15)21-10(14)7-20/h2-6,11,14,20H,7H2,1H3,(H2,15,16,18)/t11-/m1/s1. The number of hydrogen-bond donors (Lipinski definition) is 4. The zero-order valence-electron chi connectivity index (χ0n) is 11.3. The van der Waals surface area contributed by atoms with Gasteiger partial charge in [0.15, 0.2) is 5.17 Å². The van der Waals surface area contributed by atoms with Crippen LogP contribution in [-0.2, 0) is 14.3 Å². The van der Waals surface area contributed by atoms with Crippen LogP contribution in [-0.4, -0.2) is 27.8 Å². The van der Waals surface area contributed by atoms with E-state index in [4.69, 9.17) is 15.6 Å². The molecule has 3 N–H and O–H groups in total. The molecule has 0 radical (unpaired) electrons. The summed E-state index contributed by atoms with van der Waals surface area (Å²) in [6.07, 6.45) is -1.13. The quantitative estimate of drug-likeness (QED) is 0.294. The number of carbonyl (C=O) groups is 2. The van der Waals surface area contributed by atoms with Gasteiger partial charge in [-0.1, -0.05) is 30.3 Å². The van der Waals surface area contributed by atoms with E-state index < -0.39 is 18.0 Å². The van der Waals surface area contributed by atoms with Gasteiger partial charge in [0.05, 0.1) is 5.04 Å². The summed E-state index contributed by atoms with van der Waals surface area (Å²) in [7, 11) is 0. The molecule has 1 amide bonds. The lowest BCUT2D eigenvalue weighted by Crippen LogP contribution is -2.35. The maximum Gasteiger partial charge on any atom is 0.303 e. The first-order chi connectivity index (χ1) is 9.93. The van der Waals surface area contributed by atoms with E-state index in [9.17, 15) is 9.59 Å². The predicted molar refractivity (Wildman–Crippen MR) is 86.0 cm³/mol. The van der Waals surface area contributed by atoms with Gasteiger partial charge in [0.25, 0.3) is 5.91 Å². The van der Waals surface area contributed by atoms with Crippen LogP contribution in [0.15, 0.2) is 30.3 Å². The molecule has 0 aliphatic carbocycles. The molecule has 1 atom stereocenters. The van der Waals surface area contributed by atoms with Gasteiger partial charge >= 0.3 is 5.97 Å². The van der Waals surface area contributed by atoms with E-state index in [1.165, 1.54) is 6.92 Å². The van der Waals surface area contributed by atoms with Crippen LogP contribution >= 0.6 is 24.4 Å². The van der Waals surface area contributed by atoms with Crippen molar-refractivity contribution in [2.45, 2.75) is 13.0 Å². The summed E-state index contributed by atoms with van der Waals surface area (Å²) in [5.74, 6) is -1.06. The van der Waals surface area contributed by atoms with Crippen molar-refractivity contribution in [1.29, 1.82) is 10.8 Å². The highest BCUT2D eigenvalue weighted by atomic mass is 32.2. The summed E-state index contributed by atoms with van der Waals surface area (Å²) in [6, 6.07) is 8.52. The van der Waals surface area contributed by atoms with Crippen molar-refractivity contribution in [3.8, 4) is 0 Å². The Labute approximate surface area is 132 Å². The molecule has 21 heavy (non-hydrogen) atoms. The van der Waals surface area contributed by atoms with E-state index in [1.807, 2.05) is 0 Å². The largest absolute Gasteiger partial charge is 0.447 e. The number of nitrogens with one attached hydrogen (secondary N) is 3. The minimum Gasteiger partial charge on any atom is -0.447 e. The first-order valence-corrected chi connectivity index (χ1v) is 7.36. The highest BCUT2D eigenvalue weighted by Gasteiger charge is 2.24. The van der Waals surface area contributed by atoms with Gasteiger partial charge in [-0.05, 0) is 11.8 Å². The second kappa shape index (κ2) is 8.48. The Morgan fingerprint density at radius 1 is 1.33 bits per heavy atom. The predicted octanol–water partition coefficient (Wildman–Crippen LogP) is 1.98. The smallest absolute Gasteiger partial charge is 0.303 e. The topological polar surface area (TPSA) is 103 Å². The summed E-state index contributed by atoms with van der Waals surface area (Å²) in [4.78, 5) is 23.3. The summed E-state index contributed by atoms with van der Waals surface area (Å²) in [5, 5.41) is 17.2. The van der Waals surface area contributed by atoms with E-state index in [0.717, 1.165) is 11.8 Å². The van der Waals surface area contributed by atoms with Gasteiger partial charge < -0.3 is 10.1 Å². The van der Waals surface area contributed by atoms with Crippen molar-refractivity contribution in [2.24, 2.45) is 0 Å². The average Bonchev–Trinajstić information content (AvgIpc) is 2.45. The molecule has 6 nitrogen and oxygen atoms in total. The SMILES string of the molecule is CC(=O)O[C@@H](C(=O)NC(=N)SC(=N)CS)c1ccccc1. The van der Waals surface area contributed by atoms with E-state index >= 15 is 0 Å². The lowest BCUT2D eigenvalue weighted by atomic mass is 10.1. The van der Waals surface area contributed by atoms with Crippen LogP contribution in [0.25, 0.3) is 0 Å². The van der Waals surface area contributed by atoms with Crippen LogP contribution in [0.4, 0.5) is 0 Å². The lowest BCUT2D eigenvalue weighted by Gasteiger charge is -2.17. The third-order valence-corrected chi connectivity index (χ3v) is 3.46. The Hall–Kier alpha value is -1.80. The average molecular weight is 325 g/mol. The minimum absolute atomic E-state index is 0.132. The van der Waals surface area contributed by atoms with Crippen LogP contribution in [0.2, 0.25) is 0 Å². The monoisotopic (exact) mass is 325 g/mol. The van der Waals surface area contributed by atoms with Gasteiger partial charge in [-0.3, -0.25) is 20.4 Å². The summed E-state index contributed by atoms with van der Waals surface area (Å²) < 4.78 is 5.00. The Morgan fingerprint density at radius 2 is 1.95 bits per heavy atom. The second-order valence-electron chi connectivity index (χ2n) is 3.90. The molecule has 0 unspecified atom stereocenters. The van der Waals surface area contributed by atoms with Gasteiger partial charge in [0.2, 0.25) is 6.10 Å².